The normalized spacial score (nSPS) is 18.9. The van der Waals surface area contributed by atoms with E-state index in [1.54, 1.807) is 6.92 Å². The lowest BCUT2D eigenvalue weighted by atomic mass is 9.92. The molecule has 0 radical (unpaired) electrons. The first-order chi connectivity index (χ1) is 19.5. The summed E-state index contributed by atoms with van der Waals surface area (Å²) >= 11 is 0. The van der Waals surface area contributed by atoms with Crippen LogP contribution in [0, 0.1) is 0 Å². The molecular weight excluding hydrogens is 502 g/mol. The van der Waals surface area contributed by atoms with E-state index in [1.807, 2.05) is 13.8 Å². The van der Waals surface area contributed by atoms with Crippen molar-refractivity contribution in [3.8, 4) is 5.75 Å². The molecule has 0 amide bonds. The summed E-state index contributed by atoms with van der Waals surface area (Å²) in [4.78, 5) is 21.0. The molecule has 4 aliphatic rings. The molecule has 40 heavy (non-hydrogen) atoms. The highest BCUT2D eigenvalue weighted by Gasteiger charge is 2.35. The van der Waals surface area contributed by atoms with Gasteiger partial charge in [0.2, 0.25) is 0 Å². The Bertz CT molecular complexity index is 1340. The lowest BCUT2D eigenvalue weighted by Gasteiger charge is -2.31. The third kappa shape index (κ3) is 5.46. The predicted molar refractivity (Wildman–Crippen MR) is 160 cm³/mol. The summed E-state index contributed by atoms with van der Waals surface area (Å²) in [6.45, 7) is 18.6. The number of pyridine rings is 1. The van der Waals surface area contributed by atoms with Gasteiger partial charge in [-0.15, -0.1) is 0 Å². The molecule has 0 bridgehead atoms. The summed E-state index contributed by atoms with van der Waals surface area (Å²) < 4.78 is 5.93. The molecule has 2 aromatic rings. The number of benzene rings is 1. The van der Waals surface area contributed by atoms with Crippen LogP contribution in [0.5, 0.6) is 5.75 Å². The average molecular weight is 546 g/mol. The van der Waals surface area contributed by atoms with Crippen LogP contribution in [-0.2, 0) is 24.3 Å². The molecule has 8 nitrogen and oxygen atoms in total. The number of aliphatic hydroxyl groups is 1. The second-order valence-corrected chi connectivity index (χ2v) is 10.6. The average Bonchev–Trinajstić information content (AvgIpc) is 3.59. The van der Waals surface area contributed by atoms with Gasteiger partial charge in [-0.25, -0.2) is 4.98 Å². The lowest BCUT2D eigenvalue weighted by Crippen LogP contribution is -2.45. The monoisotopic (exact) mass is 545 g/mol. The number of rotatable bonds is 9. The molecular formula is C32H43N5O3. The van der Waals surface area contributed by atoms with Crippen molar-refractivity contribution in [2.45, 2.75) is 59.2 Å². The maximum atomic E-state index is 11.1. The number of aliphatic hydroxyl groups excluding tert-OH is 1. The Morgan fingerprint density at radius 2 is 2.08 bits per heavy atom. The zero-order valence-corrected chi connectivity index (χ0v) is 24.2. The maximum absolute atomic E-state index is 11.1. The van der Waals surface area contributed by atoms with Gasteiger partial charge in [0.1, 0.15) is 12.0 Å². The first kappa shape index (κ1) is 28.5. The molecule has 0 aliphatic carbocycles. The highest BCUT2D eigenvalue weighted by Crippen LogP contribution is 2.45. The van der Waals surface area contributed by atoms with E-state index >= 15 is 0 Å². The van der Waals surface area contributed by atoms with E-state index in [0.29, 0.717) is 26.0 Å². The van der Waals surface area contributed by atoms with E-state index < -0.39 is 6.10 Å². The first-order valence-corrected chi connectivity index (χ1v) is 14.8. The number of hydrogen-bond acceptors (Lipinski definition) is 8. The summed E-state index contributed by atoms with van der Waals surface area (Å²) in [5.41, 5.74) is 9.21. The second kappa shape index (κ2) is 12.6. The van der Waals surface area contributed by atoms with Gasteiger partial charge in [0.05, 0.1) is 36.2 Å². The second-order valence-electron chi connectivity index (χ2n) is 10.6. The van der Waals surface area contributed by atoms with Gasteiger partial charge in [-0.05, 0) is 53.8 Å². The molecule has 1 aromatic carbocycles. The van der Waals surface area contributed by atoms with Crippen LogP contribution >= 0.6 is 0 Å². The summed E-state index contributed by atoms with van der Waals surface area (Å²) in [5.74, 6) is 0.967. The lowest BCUT2D eigenvalue weighted by molar-refractivity contribution is -0.107. The van der Waals surface area contributed by atoms with Crippen LogP contribution in [-0.4, -0.2) is 78.2 Å². The number of nitrogens with one attached hydrogen (secondary N) is 2. The zero-order chi connectivity index (χ0) is 28.2. The van der Waals surface area contributed by atoms with Crippen LogP contribution in [0.4, 0.5) is 0 Å². The Morgan fingerprint density at radius 3 is 2.83 bits per heavy atom. The number of aromatic nitrogens is 1. The summed E-state index contributed by atoms with van der Waals surface area (Å²) in [7, 11) is 0. The molecule has 1 unspecified atom stereocenters. The fourth-order valence-electron chi connectivity index (χ4n) is 6.20. The van der Waals surface area contributed by atoms with Crippen molar-refractivity contribution in [1.82, 2.24) is 25.4 Å². The van der Waals surface area contributed by atoms with Crippen LogP contribution in [0.2, 0.25) is 0 Å². The molecule has 0 spiro atoms. The van der Waals surface area contributed by atoms with Gasteiger partial charge in [-0.1, -0.05) is 20.4 Å². The van der Waals surface area contributed by atoms with Gasteiger partial charge in [0.15, 0.2) is 0 Å². The number of carbonyl (C=O) groups is 1. The van der Waals surface area contributed by atoms with E-state index in [0.717, 1.165) is 103 Å². The molecule has 214 valence electrons. The minimum absolute atomic E-state index is 0.407. The van der Waals surface area contributed by atoms with E-state index in [-0.39, 0.29) is 0 Å². The van der Waals surface area contributed by atoms with Gasteiger partial charge in [-0.3, -0.25) is 4.90 Å². The fourth-order valence-corrected chi connectivity index (χ4v) is 6.20. The molecule has 8 heteroatoms. The molecule has 1 aromatic heterocycles. The van der Waals surface area contributed by atoms with Gasteiger partial charge < -0.3 is 30.2 Å². The number of aldehydes is 1. The van der Waals surface area contributed by atoms with Crippen molar-refractivity contribution in [2.24, 2.45) is 0 Å². The summed E-state index contributed by atoms with van der Waals surface area (Å²) in [6, 6.07) is 4.36. The number of hydrogen-bond donors (Lipinski definition) is 3. The number of allylic oxidation sites excluding steroid dienone is 1. The maximum Gasteiger partial charge on any atom is 0.123 e. The van der Waals surface area contributed by atoms with Crippen molar-refractivity contribution in [3.05, 3.63) is 64.0 Å². The largest absolute Gasteiger partial charge is 0.493 e. The van der Waals surface area contributed by atoms with Gasteiger partial charge in [-0.2, -0.15) is 0 Å². The van der Waals surface area contributed by atoms with Crippen molar-refractivity contribution >= 4 is 22.9 Å². The standard InChI is InChI=1S/C30H37N5O3.C2H6/c1-19-22(4-3-12-36)23(20(2)37)15-28-30-26(18-35(19)28)25(17-32-8-11-34-9-6-31-7-10-34)24-16-29-21(5-13-38-29)14-27(24)33-30;1-2/h12,14-16,20,31-32,37H,1,3-11,13,17-18H2,2H3;1-2H3. The number of piperazine rings is 1. The van der Waals surface area contributed by atoms with Crippen LogP contribution < -0.4 is 15.4 Å². The molecule has 0 saturated carbocycles. The van der Waals surface area contributed by atoms with Crippen molar-refractivity contribution in [1.29, 1.82) is 0 Å². The summed E-state index contributed by atoms with van der Waals surface area (Å²) in [5, 5.41) is 18.9. The molecule has 1 fully saturated rings. The first-order valence-electron chi connectivity index (χ1n) is 14.8. The number of ether oxygens (including phenoxy) is 1. The van der Waals surface area contributed by atoms with E-state index in [9.17, 15) is 9.90 Å². The number of carbonyl (C=O) groups excluding carboxylic acids is 1. The SMILES string of the molecule is C=C1C(CCC=O)=C(C(C)O)C=C2c3nc4cc5c(cc4c(CNCCN4CCNCC4)c3CN12)OCC5.CC. The van der Waals surface area contributed by atoms with Crippen LogP contribution in [0.25, 0.3) is 16.6 Å². The Balaban J connectivity index is 0.00000158. The van der Waals surface area contributed by atoms with Crippen LogP contribution in [0.1, 0.15) is 56.0 Å². The Hall–Kier alpha value is -3.04. The van der Waals surface area contributed by atoms with E-state index in [1.165, 1.54) is 16.7 Å². The number of nitrogens with zero attached hydrogens (tertiary/aromatic N) is 3. The van der Waals surface area contributed by atoms with Gasteiger partial charge in [0, 0.05) is 75.3 Å². The van der Waals surface area contributed by atoms with Gasteiger partial charge in [0.25, 0.3) is 0 Å². The molecule has 5 heterocycles. The number of fused-ring (bicyclic) bond motifs is 5. The quantitative estimate of drug-likeness (QED) is 0.326. The minimum Gasteiger partial charge on any atom is -0.493 e. The topological polar surface area (TPSA) is 90.0 Å². The highest BCUT2D eigenvalue weighted by molar-refractivity contribution is 5.90. The third-order valence-corrected chi connectivity index (χ3v) is 8.26. The summed E-state index contributed by atoms with van der Waals surface area (Å²) in [6.07, 6.45) is 4.21. The molecule has 3 N–H and O–H groups in total. The Morgan fingerprint density at radius 1 is 1.27 bits per heavy atom. The smallest absolute Gasteiger partial charge is 0.123 e. The van der Waals surface area contributed by atoms with Crippen molar-refractivity contribution in [2.75, 3.05) is 45.9 Å². The van der Waals surface area contributed by atoms with Crippen molar-refractivity contribution in [3.63, 3.8) is 0 Å². The molecule has 1 atom stereocenters. The van der Waals surface area contributed by atoms with E-state index in [4.69, 9.17) is 9.72 Å². The predicted octanol–water partition coefficient (Wildman–Crippen LogP) is 3.53. The van der Waals surface area contributed by atoms with Gasteiger partial charge >= 0.3 is 0 Å². The Labute approximate surface area is 237 Å². The van der Waals surface area contributed by atoms with Crippen molar-refractivity contribution < 1.29 is 14.6 Å². The molecule has 4 aliphatic heterocycles. The van der Waals surface area contributed by atoms with Crippen LogP contribution in [0.3, 0.4) is 0 Å². The molecule has 6 rings (SSSR count). The highest BCUT2D eigenvalue weighted by atomic mass is 16.5. The molecule has 1 saturated heterocycles. The minimum atomic E-state index is -0.654. The fraction of sp³-hybridized carbons (Fsp3) is 0.500. The zero-order valence-electron chi connectivity index (χ0n) is 24.2. The van der Waals surface area contributed by atoms with Crippen LogP contribution in [0.15, 0.2) is 41.6 Å². The van der Waals surface area contributed by atoms with E-state index in [2.05, 4.69) is 45.2 Å². The Kier molecular flexibility index (Phi) is 9.00. The third-order valence-electron chi connectivity index (χ3n) is 8.26.